The van der Waals surface area contributed by atoms with Crippen molar-refractivity contribution >= 4 is 11.6 Å². The molecule has 1 amide bonds. The molecule has 0 radical (unpaired) electrons. The summed E-state index contributed by atoms with van der Waals surface area (Å²) in [5.41, 5.74) is 6.65. The van der Waals surface area contributed by atoms with Crippen LogP contribution in [0.2, 0.25) is 0 Å². The molecule has 78 valence electrons. The Morgan fingerprint density at radius 1 is 1.47 bits per heavy atom. The third kappa shape index (κ3) is 2.55. The monoisotopic (exact) mass is 203 g/mol. The van der Waals surface area contributed by atoms with Crippen molar-refractivity contribution in [3.05, 3.63) is 29.8 Å². The van der Waals surface area contributed by atoms with Gasteiger partial charge in [-0.2, -0.15) is 5.26 Å². The van der Waals surface area contributed by atoms with E-state index in [1.807, 2.05) is 13.0 Å². The molecular weight excluding hydrogens is 190 g/mol. The zero-order valence-electron chi connectivity index (χ0n) is 8.60. The third-order valence-electron chi connectivity index (χ3n) is 2.10. The van der Waals surface area contributed by atoms with Crippen molar-refractivity contribution in [3.8, 4) is 6.07 Å². The van der Waals surface area contributed by atoms with Crippen molar-refractivity contribution in [2.45, 2.75) is 6.92 Å². The molecule has 0 saturated heterocycles. The van der Waals surface area contributed by atoms with Crippen molar-refractivity contribution in [3.63, 3.8) is 0 Å². The number of rotatable bonds is 3. The molecule has 0 saturated carbocycles. The van der Waals surface area contributed by atoms with Crippen molar-refractivity contribution in [2.24, 2.45) is 5.73 Å². The first-order chi connectivity index (χ1) is 7.22. The highest BCUT2D eigenvalue weighted by Gasteiger charge is 2.11. The highest BCUT2D eigenvalue weighted by Crippen LogP contribution is 2.14. The zero-order chi connectivity index (χ0) is 11.3. The number of benzene rings is 1. The molecule has 4 nitrogen and oxygen atoms in total. The van der Waals surface area contributed by atoms with Gasteiger partial charge in [-0.25, -0.2) is 0 Å². The van der Waals surface area contributed by atoms with Gasteiger partial charge in [0.2, 0.25) is 5.91 Å². The molecule has 0 fully saturated rings. The quantitative estimate of drug-likeness (QED) is 0.792. The number of hydrogen-bond donors (Lipinski definition) is 1. The minimum Gasteiger partial charge on any atom is -0.322 e. The fourth-order valence-electron chi connectivity index (χ4n) is 1.33. The SMILES string of the molecule is CCN(C(=O)CN)c1ccc(C#N)cc1. The van der Waals surface area contributed by atoms with Crippen molar-refractivity contribution < 1.29 is 4.79 Å². The summed E-state index contributed by atoms with van der Waals surface area (Å²) in [5.74, 6) is -0.123. The highest BCUT2D eigenvalue weighted by atomic mass is 16.2. The summed E-state index contributed by atoms with van der Waals surface area (Å²) in [7, 11) is 0. The lowest BCUT2D eigenvalue weighted by Crippen LogP contribution is -2.35. The number of nitrogens with zero attached hydrogens (tertiary/aromatic N) is 2. The summed E-state index contributed by atoms with van der Waals surface area (Å²) in [5, 5.41) is 8.63. The Balaban J connectivity index is 2.94. The second-order valence-electron chi connectivity index (χ2n) is 3.00. The normalized spacial score (nSPS) is 9.40. The number of hydrogen-bond acceptors (Lipinski definition) is 3. The topological polar surface area (TPSA) is 70.1 Å². The fraction of sp³-hybridized carbons (Fsp3) is 0.273. The van der Waals surface area contributed by atoms with Gasteiger partial charge in [0.05, 0.1) is 18.2 Å². The van der Waals surface area contributed by atoms with E-state index in [1.54, 1.807) is 29.2 Å². The van der Waals surface area contributed by atoms with E-state index in [4.69, 9.17) is 11.0 Å². The van der Waals surface area contributed by atoms with Crippen LogP contribution < -0.4 is 10.6 Å². The van der Waals surface area contributed by atoms with E-state index in [0.29, 0.717) is 12.1 Å². The summed E-state index contributed by atoms with van der Waals surface area (Å²) in [6.07, 6.45) is 0. The maximum Gasteiger partial charge on any atom is 0.240 e. The summed E-state index contributed by atoms with van der Waals surface area (Å²) < 4.78 is 0. The molecular formula is C11H13N3O. The Labute approximate surface area is 88.9 Å². The van der Waals surface area contributed by atoms with Gasteiger partial charge in [0.15, 0.2) is 0 Å². The molecule has 0 aliphatic carbocycles. The number of nitriles is 1. The highest BCUT2D eigenvalue weighted by molar-refractivity contribution is 5.94. The molecule has 0 aromatic heterocycles. The van der Waals surface area contributed by atoms with Gasteiger partial charge in [-0.1, -0.05) is 0 Å². The average Bonchev–Trinajstić information content (AvgIpc) is 2.30. The van der Waals surface area contributed by atoms with Crippen LogP contribution in [-0.4, -0.2) is 19.0 Å². The van der Waals surface area contributed by atoms with Crippen LogP contribution >= 0.6 is 0 Å². The molecule has 0 unspecified atom stereocenters. The molecule has 1 rings (SSSR count). The predicted molar refractivity (Wildman–Crippen MR) is 58.2 cm³/mol. The van der Waals surface area contributed by atoms with E-state index in [9.17, 15) is 4.79 Å². The van der Waals surface area contributed by atoms with Crippen LogP contribution in [0.1, 0.15) is 12.5 Å². The van der Waals surface area contributed by atoms with Crippen LogP contribution in [0.4, 0.5) is 5.69 Å². The Bertz CT molecular complexity index is 378. The molecule has 0 aliphatic rings. The molecule has 1 aromatic rings. The molecule has 1 aromatic carbocycles. The van der Waals surface area contributed by atoms with Crippen molar-refractivity contribution in [2.75, 3.05) is 18.0 Å². The number of nitrogens with two attached hydrogens (primary N) is 1. The first-order valence-corrected chi connectivity index (χ1v) is 4.73. The molecule has 4 heteroatoms. The number of carbonyl (C=O) groups excluding carboxylic acids is 1. The summed E-state index contributed by atoms with van der Waals surface area (Å²) in [6.45, 7) is 2.45. The van der Waals surface area contributed by atoms with E-state index in [1.165, 1.54) is 0 Å². The van der Waals surface area contributed by atoms with E-state index in [0.717, 1.165) is 5.69 Å². The first kappa shape index (κ1) is 11.2. The van der Waals surface area contributed by atoms with Gasteiger partial charge in [-0.15, -0.1) is 0 Å². The van der Waals surface area contributed by atoms with Crippen LogP contribution in [0, 0.1) is 11.3 Å². The van der Waals surface area contributed by atoms with E-state index >= 15 is 0 Å². The molecule has 0 aliphatic heterocycles. The minimum absolute atomic E-state index is 0.00611. The van der Waals surface area contributed by atoms with Crippen LogP contribution in [0.5, 0.6) is 0 Å². The molecule has 0 bridgehead atoms. The van der Waals surface area contributed by atoms with Gasteiger partial charge in [0.1, 0.15) is 0 Å². The third-order valence-corrected chi connectivity index (χ3v) is 2.10. The number of carbonyl (C=O) groups is 1. The summed E-state index contributed by atoms with van der Waals surface area (Å²) in [4.78, 5) is 13.0. The summed E-state index contributed by atoms with van der Waals surface area (Å²) in [6, 6.07) is 8.88. The fourth-order valence-corrected chi connectivity index (χ4v) is 1.33. The maximum absolute atomic E-state index is 11.4. The largest absolute Gasteiger partial charge is 0.322 e. The van der Waals surface area contributed by atoms with E-state index in [2.05, 4.69) is 0 Å². The second kappa shape index (κ2) is 5.13. The maximum atomic E-state index is 11.4. The van der Waals surface area contributed by atoms with Gasteiger partial charge >= 0.3 is 0 Å². The number of likely N-dealkylation sites (N-methyl/N-ethyl adjacent to an activating group) is 1. The summed E-state index contributed by atoms with van der Waals surface area (Å²) >= 11 is 0. The Hall–Kier alpha value is -1.86. The number of amides is 1. The smallest absolute Gasteiger partial charge is 0.240 e. The van der Waals surface area contributed by atoms with Gasteiger partial charge in [-0.05, 0) is 31.2 Å². The average molecular weight is 203 g/mol. The van der Waals surface area contributed by atoms with Gasteiger partial charge in [0.25, 0.3) is 0 Å². The van der Waals surface area contributed by atoms with Gasteiger partial charge in [0, 0.05) is 12.2 Å². The first-order valence-electron chi connectivity index (χ1n) is 4.73. The molecule has 2 N–H and O–H groups in total. The Morgan fingerprint density at radius 3 is 2.47 bits per heavy atom. The van der Waals surface area contributed by atoms with E-state index in [-0.39, 0.29) is 12.5 Å². The molecule has 0 heterocycles. The Morgan fingerprint density at radius 2 is 2.07 bits per heavy atom. The Kier molecular flexibility index (Phi) is 3.83. The van der Waals surface area contributed by atoms with Crippen LogP contribution in [0.25, 0.3) is 0 Å². The van der Waals surface area contributed by atoms with Gasteiger partial charge < -0.3 is 10.6 Å². The van der Waals surface area contributed by atoms with Crippen molar-refractivity contribution in [1.82, 2.24) is 0 Å². The minimum atomic E-state index is -0.123. The molecule has 0 atom stereocenters. The molecule has 0 spiro atoms. The van der Waals surface area contributed by atoms with Crippen LogP contribution in [0.3, 0.4) is 0 Å². The predicted octanol–water partition coefficient (Wildman–Crippen LogP) is 0.870. The lowest BCUT2D eigenvalue weighted by atomic mass is 10.2. The molecule has 15 heavy (non-hydrogen) atoms. The van der Waals surface area contributed by atoms with Gasteiger partial charge in [-0.3, -0.25) is 4.79 Å². The van der Waals surface area contributed by atoms with Crippen LogP contribution in [0.15, 0.2) is 24.3 Å². The number of anilines is 1. The standard InChI is InChI=1S/C11H13N3O/c1-2-14(11(15)8-13)10-5-3-9(7-12)4-6-10/h3-6H,2,8,13H2,1H3. The zero-order valence-corrected chi connectivity index (χ0v) is 8.60. The lowest BCUT2D eigenvalue weighted by Gasteiger charge is -2.20. The second-order valence-corrected chi connectivity index (χ2v) is 3.00. The van der Waals surface area contributed by atoms with E-state index < -0.39 is 0 Å². The lowest BCUT2D eigenvalue weighted by molar-refractivity contribution is -0.117. The van der Waals surface area contributed by atoms with Crippen molar-refractivity contribution in [1.29, 1.82) is 5.26 Å². The van der Waals surface area contributed by atoms with Crippen LogP contribution in [-0.2, 0) is 4.79 Å².